The fourth-order valence-electron chi connectivity index (χ4n) is 2.14. The van der Waals surface area contributed by atoms with E-state index < -0.39 is 23.8 Å². The highest BCUT2D eigenvalue weighted by molar-refractivity contribution is 6.30. The van der Waals surface area contributed by atoms with Crippen LogP contribution in [-0.2, 0) is 20.7 Å². The number of ether oxygens (including phenoxy) is 2. The van der Waals surface area contributed by atoms with E-state index in [4.69, 9.17) is 16.3 Å². The molecule has 120 valence electrons. The minimum Gasteiger partial charge on any atom is -0.469 e. The summed E-state index contributed by atoms with van der Waals surface area (Å²) in [6.45, 7) is 0.544. The maximum absolute atomic E-state index is 14.1. The van der Waals surface area contributed by atoms with E-state index in [9.17, 15) is 14.0 Å². The highest BCUT2D eigenvalue weighted by Gasteiger charge is 2.23. The first-order valence-electron chi connectivity index (χ1n) is 6.72. The lowest BCUT2D eigenvalue weighted by Gasteiger charge is -2.14. The van der Waals surface area contributed by atoms with Crippen LogP contribution in [0, 0.1) is 11.7 Å². The zero-order valence-electron chi connectivity index (χ0n) is 11.9. The Bertz CT molecular complexity index is 582. The standard InChI is InChI=1S/C14H16ClFN2O4/c1-21-13(19)8-6-17-5-4-9-11(18-14(20)22-7-8)3-2-10(15)12(9)16/h2-3,8,17H,4-7H2,1H3,(H,18,20). The first kappa shape index (κ1) is 16.5. The van der Waals surface area contributed by atoms with Crippen molar-refractivity contribution in [2.24, 2.45) is 5.92 Å². The van der Waals surface area contributed by atoms with Crippen molar-refractivity contribution in [3.05, 3.63) is 28.5 Å². The first-order valence-corrected chi connectivity index (χ1v) is 7.10. The Hall–Kier alpha value is -1.86. The molecule has 8 heteroatoms. The number of anilines is 1. The summed E-state index contributed by atoms with van der Waals surface area (Å²) in [5, 5.41) is 5.47. The molecule has 0 radical (unpaired) electrons. The zero-order chi connectivity index (χ0) is 16.1. The Morgan fingerprint density at radius 3 is 3.00 bits per heavy atom. The number of cyclic esters (lactones) is 1. The Morgan fingerprint density at radius 1 is 1.50 bits per heavy atom. The number of nitrogens with one attached hydrogen (secondary N) is 2. The van der Waals surface area contributed by atoms with Crippen LogP contribution in [0.25, 0.3) is 0 Å². The third kappa shape index (κ3) is 3.86. The minimum absolute atomic E-state index is 0.0174. The predicted molar refractivity (Wildman–Crippen MR) is 78.5 cm³/mol. The quantitative estimate of drug-likeness (QED) is 0.770. The number of benzene rings is 1. The van der Waals surface area contributed by atoms with Gasteiger partial charge in [0.1, 0.15) is 18.3 Å². The molecule has 1 atom stereocenters. The van der Waals surface area contributed by atoms with Crippen LogP contribution in [0.1, 0.15) is 5.56 Å². The normalized spacial score (nSPS) is 19.2. The van der Waals surface area contributed by atoms with Crippen LogP contribution in [0.3, 0.4) is 0 Å². The SMILES string of the molecule is COC(=O)C1CNCCc2c(ccc(Cl)c2F)NC(=O)OC1. The summed E-state index contributed by atoms with van der Waals surface area (Å²) < 4.78 is 23.7. The number of carbonyl (C=O) groups is 2. The lowest BCUT2D eigenvalue weighted by atomic mass is 10.1. The molecule has 1 amide bonds. The van der Waals surface area contributed by atoms with Gasteiger partial charge < -0.3 is 14.8 Å². The van der Waals surface area contributed by atoms with E-state index >= 15 is 0 Å². The van der Waals surface area contributed by atoms with Crippen LogP contribution >= 0.6 is 11.6 Å². The predicted octanol–water partition coefficient (Wildman–Crippen LogP) is 1.96. The summed E-state index contributed by atoms with van der Waals surface area (Å²) in [6, 6.07) is 2.87. The maximum Gasteiger partial charge on any atom is 0.411 e. The van der Waals surface area contributed by atoms with Crippen LogP contribution in [0.15, 0.2) is 12.1 Å². The number of esters is 1. The molecule has 1 unspecified atom stereocenters. The third-order valence-corrected chi connectivity index (χ3v) is 3.62. The number of hydrogen-bond acceptors (Lipinski definition) is 5. The molecule has 2 rings (SSSR count). The molecule has 0 spiro atoms. The van der Waals surface area contributed by atoms with Gasteiger partial charge in [0.05, 0.1) is 17.8 Å². The monoisotopic (exact) mass is 330 g/mol. The van der Waals surface area contributed by atoms with Crippen LogP contribution < -0.4 is 10.6 Å². The molecule has 1 aliphatic rings. The van der Waals surface area contributed by atoms with E-state index in [1.807, 2.05) is 0 Å². The van der Waals surface area contributed by atoms with Gasteiger partial charge >= 0.3 is 12.1 Å². The summed E-state index contributed by atoms with van der Waals surface area (Å²) >= 11 is 5.76. The van der Waals surface area contributed by atoms with Crippen molar-refractivity contribution < 1.29 is 23.5 Å². The van der Waals surface area contributed by atoms with Crippen LogP contribution in [0.4, 0.5) is 14.9 Å². The van der Waals surface area contributed by atoms with Crippen molar-refractivity contribution in [2.75, 3.05) is 32.1 Å². The number of halogens is 2. The van der Waals surface area contributed by atoms with Crippen LogP contribution in [0.2, 0.25) is 5.02 Å². The van der Waals surface area contributed by atoms with Crippen LogP contribution in [-0.4, -0.2) is 38.9 Å². The van der Waals surface area contributed by atoms with E-state index in [1.165, 1.54) is 19.2 Å². The second-order valence-corrected chi connectivity index (χ2v) is 5.19. The average Bonchev–Trinajstić information content (AvgIpc) is 2.54. The van der Waals surface area contributed by atoms with Gasteiger partial charge in [-0.25, -0.2) is 9.18 Å². The summed E-state index contributed by atoms with van der Waals surface area (Å²) in [4.78, 5) is 23.4. The van der Waals surface area contributed by atoms with Gasteiger partial charge in [-0.15, -0.1) is 0 Å². The second kappa shape index (κ2) is 7.42. The highest BCUT2D eigenvalue weighted by Crippen LogP contribution is 2.26. The maximum atomic E-state index is 14.1. The molecule has 6 nitrogen and oxygen atoms in total. The van der Waals surface area contributed by atoms with Gasteiger partial charge in [-0.05, 0) is 25.1 Å². The molecule has 1 aromatic carbocycles. The van der Waals surface area contributed by atoms with Crippen molar-refractivity contribution in [3.8, 4) is 0 Å². The summed E-state index contributed by atoms with van der Waals surface area (Å²) in [6.07, 6.45) is -0.464. The van der Waals surface area contributed by atoms with Crippen molar-refractivity contribution >= 4 is 29.4 Å². The number of methoxy groups -OCH3 is 1. The molecule has 0 saturated heterocycles. The number of rotatable bonds is 1. The molecule has 22 heavy (non-hydrogen) atoms. The molecule has 0 aliphatic carbocycles. The molecule has 1 aliphatic heterocycles. The topological polar surface area (TPSA) is 76.7 Å². The van der Waals surface area contributed by atoms with Crippen molar-refractivity contribution in [2.45, 2.75) is 6.42 Å². The molecule has 1 aromatic rings. The lowest BCUT2D eigenvalue weighted by Crippen LogP contribution is -2.34. The minimum atomic E-state index is -0.765. The van der Waals surface area contributed by atoms with Gasteiger partial charge in [-0.3, -0.25) is 10.1 Å². The molecule has 0 aromatic heterocycles. The summed E-state index contributed by atoms with van der Waals surface area (Å²) in [5.41, 5.74) is 0.582. The molecule has 1 heterocycles. The third-order valence-electron chi connectivity index (χ3n) is 3.33. The Morgan fingerprint density at radius 2 is 2.27 bits per heavy atom. The van der Waals surface area contributed by atoms with Gasteiger partial charge in [0.25, 0.3) is 0 Å². The van der Waals surface area contributed by atoms with Crippen LogP contribution in [0.5, 0.6) is 0 Å². The number of fused-ring (bicyclic) bond motifs is 1. The van der Waals surface area contributed by atoms with Crippen molar-refractivity contribution in [1.82, 2.24) is 5.32 Å². The smallest absolute Gasteiger partial charge is 0.411 e. The second-order valence-electron chi connectivity index (χ2n) is 4.79. The fraction of sp³-hybridized carbons (Fsp3) is 0.429. The number of amides is 1. The summed E-state index contributed by atoms with van der Waals surface area (Å²) in [5.74, 6) is -1.68. The van der Waals surface area contributed by atoms with Gasteiger partial charge in [0.15, 0.2) is 0 Å². The number of carbonyl (C=O) groups excluding carboxylic acids is 2. The van der Waals surface area contributed by atoms with Crippen molar-refractivity contribution in [3.63, 3.8) is 0 Å². The molecule has 0 fully saturated rings. The lowest BCUT2D eigenvalue weighted by molar-refractivity contribution is -0.146. The fourth-order valence-corrected chi connectivity index (χ4v) is 2.32. The average molecular weight is 331 g/mol. The van der Waals surface area contributed by atoms with E-state index in [0.29, 0.717) is 18.7 Å². The van der Waals surface area contributed by atoms with Gasteiger partial charge in [-0.1, -0.05) is 11.6 Å². The molecular formula is C14H16ClFN2O4. The van der Waals surface area contributed by atoms with E-state index in [-0.39, 0.29) is 23.7 Å². The van der Waals surface area contributed by atoms with Crippen molar-refractivity contribution in [1.29, 1.82) is 0 Å². The van der Waals surface area contributed by atoms with Gasteiger partial charge in [-0.2, -0.15) is 0 Å². The Labute approximate surface area is 131 Å². The largest absolute Gasteiger partial charge is 0.469 e. The number of hydrogen-bond donors (Lipinski definition) is 2. The van der Waals surface area contributed by atoms with Gasteiger partial charge in [0, 0.05) is 12.1 Å². The zero-order valence-corrected chi connectivity index (χ0v) is 12.7. The summed E-state index contributed by atoms with van der Waals surface area (Å²) in [7, 11) is 1.26. The molecular weight excluding hydrogens is 315 g/mol. The van der Waals surface area contributed by atoms with Gasteiger partial charge in [0.2, 0.25) is 0 Å². The molecule has 0 saturated carbocycles. The highest BCUT2D eigenvalue weighted by atomic mass is 35.5. The Balaban J connectivity index is 2.21. The van der Waals surface area contributed by atoms with E-state index in [1.54, 1.807) is 0 Å². The Kier molecular flexibility index (Phi) is 5.57. The van der Waals surface area contributed by atoms with E-state index in [0.717, 1.165) is 0 Å². The first-order chi connectivity index (χ1) is 10.5. The molecule has 2 N–H and O–H groups in total. The van der Waals surface area contributed by atoms with E-state index in [2.05, 4.69) is 15.4 Å². The molecule has 0 bridgehead atoms.